The van der Waals surface area contributed by atoms with E-state index in [0.717, 1.165) is 6.20 Å². The van der Waals surface area contributed by atoms with Gasteiger partial charge < -0.3 is 20.1 Å². The molecular weight excluding hydrogens is 382 g/mol. The Bertz CT molecular complexity index is 962. The highest BCUT2D eigenvalue weighted by atomic mass is 32.1. The molecular formula is C17H21N7O3S. The zero-order chi connectivity index (χ0) is 20.7. The summed E-state index contributed by atoms with van der Waals surface area (Å²) in [6.45, 7) is 1.01. The number of nitrogens with two attached hydrogens (primary N) is 1. The van der Waals surface area contributed by atoms with Crippen molar-refractivity contribution in [2.24, 2.45) is 10.7 Å². The van der Waals surface area contributed by atoms with Crippen molar-refractivity contribution < 1.29 is 14.3 Å². The molecule has 1 amide bonds. The fraction of sp³-hybridized carbons (Fsp3) is 0.353. The van der Waals surface area contributed by atoms with Crippen molar-refractivity contribution in [3.05, 3.63) is 17.5 Å². The average molecular weight is 403 g/mol. The number of carbonyl (C=O) groups is 1. The van der Waals surface area contributed by atoms with Gasteiger partial charge in [0, 0.05) is 40.2 Å². The molecule has 0 aliphatic heterocycles. The summed E-state index contributed by atoms with van der Waals surface area (Å²) in [5.41, 5.74) is 6.91. The van der Waals surface area contributed by atoms with Crippen LogP contribution in [0.15, 0.2) is 16.8 Å². The number of hydrogen-bond donors (Lipinski definition) is 2. The van der Waals surface area contributed by atoms with Crippen LogP contribution in [0.1, 0.15) is 5.69 Å². The number of aliphatic imine (C=N–C) groups is 1. The van der Waals surface area contributed by atoms with Gasteiger partial charge in [0.2, 0.25) is 5.88 Å². The zero-order valence-corrected chi connectivity index (χ0v) is 16.8. The Morgan fingerprint density at radius 3 is 2.79 bits per heavy atom. The summed E-state index contributed by atoms with van der Waals surface area (Å²) in [7, 11) is 6.41. The number of pyridine rings is 1. The van der Waals surface area contributed by atoms with E-state index < -0.39 is 5.91 Å². The van der Waals surface area contributed by atoms with Crippen molar-refractivity contribution in [1.29, 1.82) is 5.26 Å². The van der Waals surface area contributed by atoms with Crippen LogP contribution in [-0.2, 0) is 9.53 Å². The Morgan fingerprint density at radius 1 is 1.46 bits per heavy atom. The van der Waals surface area contributed by atoms with E-state index in [2.05, 4.69) is 26.3 Å². The fourth-order valence-corrected chi connectivity index (χ4v) is 3.45. The molecule has 0 spiro atoms. The Balaban J connectivity index is 2.55. The van der Waals surface area contributed by atoms with Crippen molar-refractivity contribution >= 4 is 44.5 Å². The number of anilines is 2. The highest BCUT2D eigenvalue weighted by Gasteiger charge is 2.22. The van der Waals surface area contributed by atoms with Crippen molar-refractivity contribution in [2.75, 3.05) is 51.7 Å². The van der Waals surface area contributed by atoms with Crippen LogP contribution < -0.4 is 20.7 Å². The molecule has 11 heteroatoms. The van der Waals surface area contributed by atoms with Crippen LogP contribution in [0.4, 0.5) is 10.8 Å². The number of hydrogen-bond acceptors (Lipinski definition) is 10. The molecule has 148 valence electrons. The smallest absolute Gasteiger partial charge is 0.260 e. The fourth-order valence-electron chi connectivity index (χ4n) is 2.39. The minimum absolute atomic E-state index is 0.196. The van der Waals surface area contributed by atoms with E-state index >= 15 is 0 Å². The maximum atomic E-state index is 12.3. The van der Waals surface area contributed by atoms with E-state index in [9.17, 15) is 10.1 Å². The number of methoxy groups -OCH3 is 2. The lowest BCUT2D eigenvalue weighted by Gasteiger charge is -2.20. The van der Waals surface area contributed by atoms with Gasteiger partial charge in [0.25, 0.3) is 5.91 Å². The van der Waals surface area contributed by atoms with Crippen LogP contribution in [0.2, 0.25) is 0 Å². The molecule has 0 unspecified atom stereocenters. The van der Waals surface area contributed by atoms with Crippen LogP contribution in [0, 0.1) is 11.3 Å². The first-order chi connectivity index (χ1) is 13.5. The highest BCUT2D eigenvalue weighted by molar-refractivity contribution is 7.23. The van der Waals surface area contributed by atoms with Crippen LogP contribution >= 0.6 is 11.3 Å². The van der Waals surface area contributed by atoms with Crippen LogP contribution in [-0.4, -0.2) is 63.6 Å². The Labute approximate surface area is 166 Å². The third-order valence-corrected chi connectivity index (χ3v) is 4.70. The lowest BCUT2D eigenvalue weighted by Crippen LogP contribution is -2.23. The van der Waals surface area contributed by atoms with E-state index in [0.29, 0.717) is 34.2 Å². The van der Waals surface area contributed by atoms with Gasteiger partial charge in [-0.1, -0.05) is 11.3 Å². The molecule has 0 fully saturated rings. The largest absolute Gasteiger partial charge is 0.479 e. The number of nitrogens with one attached hydrogen (secondary N) is 1. The first-order valence-corrected chi connectivity index (χ1v) is 8.96. The minimum atomic E-state index is -0.450. The summed E-state index contributed by atoms with van der Waals surface area (Å²) in [6, 6.07) is 2.09. The lowest BCUT2D eigenvalue weighted by atomic mass is 10.2. The second-order valence-electron chi connectivity index (χ2n) is 5.50. The molecule has 0 radical (unpaired) electrons. The van der Waals surface area contributed by atoms with Crippen LogP contribution in [0.3, 0.4) is 0 Å². The number of aromatic nitrogens is 2. The average Bonchev–Trinajstić information content (AvgIpc) is 3.11. The summed E-state index contributed by atoms with van der Waals surface area (Å²) in [5.74, 6) is -0.245. The third-order valence-electron chi connectivity index (χ3n) is 3.72. The molecule has 0 saturated carbocycles. The number of ether oxygens (including phenoxy) is 2. The number of thiazole rings is 1. The molecule has 2 aromatic rings. The van der Waals surface area contributed by atoms with Gasteiger partial charge in [0.1, 0.15) is 11.6 Å². The Hall–Kier alpha value is -3.23. The van der Waals surface area contributed by atoms with Crippen molar-refractivity contribution in [3.63, 3.8) is 0 Å². The van der Waals surface area contributed by atoms with Gasteiger partial charge in [-0.3, -0.25) is 15.1 Å². The Morgan fingerprint density at radius 2 is 2.21 bits per heavy atom. The van der Waals surface area contributed by atoms with Gasteiger partial charge in [-0.05, 0) is 0 Å². The highest BCUT2D eigenvalue weighted by Crippen LogP contribution is 2.39. The van der Waals surface area contributed by atoms with Gasteiger partial charge in [0.05, 0.1) is 29.7 Å². The number of nitrogens with zero attached hydrogens (tertiary/aromatic N) is 5. The molecule has 0 bridgehead atoms. The standard InChI is InChI=1S/C17H21N7O3S/c1-20-9-10(7-18)15(25)23-17-22-12-14(28-17)13(24(2)5-6-26-3)11(8-19)21-16(12)27-4/h7,9H,5-6,18H2,1-4H3,(H,22,23,25)/b10-7+,20-9?. The third kappa shape index (κ3) is 4.36. The van der Waals surface area contributed by atoms with Crippen LogP contribution in [0.25, 0.3) is 10.2 Å². The van der Waals surface area contributed by atoms with E-state index in [4.69, 9.17) is 15.2 Å². The summed E-state index contributed by atoms with van der Waals surface area (Å²) in [5, 5.41) is 12.5. The topological polar surface area (TPSA) is 139 Å². The van der Waals surface area contributed by atoms with Gasteiger partial charge in [-0.25, -0.2) is 4.98 Å². The first-order valence-electron chi connectivity index (χ1n) is 8.14. The van der Waals surface area contributed by atoms with Crippen molar-refractivity contribution in [1.82, 2.24) is 9.97 Å². The molecule has 0 saturated heterocycles. The monoisotopic (exact) mass is 403 g/mol. The molecule has 0 aromatic carbocycles. The normalized spacial score (nSPS) is 11.6. The second-order valence-corrected chi connectivity index (χ2v) is 6.50. The molecule has 2 aromatic heterocycles. The second kappa shape index (κ2) is 9.63. The number of rotatable bonds is 8. The predicted molar refractivity (Wildman–Crippen MR) is 109 cm³/mol. The molecule has 0 aliphatic carbocycles. The summed E-state index contributed by atoms with van der Waals surface area (Å²) in [6.07, 6.45) is 2.51. The van der Waals surface area contributed by atoms with Gasteiger partial charge in [-0.15, -0.1) is 0 Å². The van der Waals surface area contributed by atoms with Gasteiger partial charge >= 0.3 is 0 Å². The Kier molecular flexibility index (Phi) is 7.25. The molecule has 2 rings (SSSR count). The summed E-state index contributed by atoms with van der Waals surface area (Å²) in [4.78, 5) is 26.7. The van der Waals surface area contributed by atoms with E-state index in [1.54, 1.807) is 7.11 Å². The van der Waals surface area contributed by atoms with Crippen LogP contribution in [0.5, 0.6) is 5.88 Å². The van der Waals surface area contributed by atoms with E-state index in [1.807, 2.05) is 11.9 Å². The number of carbonyl (C=O) groups excluding carboxylic acids is 1. The summed E-state index contributed by atoms with van der Waals surface area (Å²) >= 11 is 1.21. The SMILES string of the molecule is CN=C/C(=C\N)C(=O)Nc1nc2c(OC)nc(C#N)c(N(C)CCOC)c2s1. The predicted octanol–water partition coefficient (Wildman–Crippen LogP) is 1.14. The number of nitriles is 1. The maximum absolute atomic E-state index is 12.3. The van der Waals surface area contributed by atoms with Gasteiger partial charge in [0.15, 0.2) is 10.8 Å². The zero-order valence-electron chi connectivity index (χ0n) is 16.0. The quantitative estimate of drug-likeness (QED) is 0.494. The number of fused-ring (bicyclic) bond motifs is 1. The molecule has 3 N–H and O–H groups in total. The van der Waals surface area contributed by atoms with Crippen molar-refractivity contribution in [3.8, 4) is 11.9 Å². The number of amides is 1. The molecule has 0 atom stereocenters. The molecule has 2 heterocycles. The van der Waals surface area contributed by atoms with E-state index in [1.165, 1.54) is 31.7 Å². The summed E-state index contributed by atoms with van der Waals surface area (Å²) < 4.78 is 11.1. The first kappa shape index (κ1) is 21.1. The lowest BCUT2D eigenvalue weighted by molar-refractivity contribution is -0.112. The molecule has 10 nitrogen and oxygen atoms in total. The maximum Gasteiger partial charge on any atom is 0.260 e. The van der Waals surface area contributed by atoms with Gasteiger partial charge in [-0.2, -0.15) is 10.2 Å². The molecule has 0 aliphatic rings. The molecule has 28 heavy (non-hydrogen) atoms. The van der Waals surface area contributed by atoms with Crippen molar-refractivity contribution in [2.45, 2.75) is 0 Å². The minimum Gasteiger partial charge on any atom is -0.479 e. The number of likely N-dealkylation sites (N-methyl/N-ethyl adjacent to an activating group) is 1. The van der Waals surface area contributed by atoms with E-state index in [-0.39, 0.29) is 17.1 Å².